The monoisotopic (exact) mass is 376 g/mol. The van der Waals surface area contributed by atoms with E-state index in [1.165, 1.54) is 30.7 Å². The van der Waals surface area contributed by atoms with Crippen LogP contribution in [0.3, 0.4) is 0 Å². The number of halogens is 1. The molecule has 0 saturated heterocycles. The van der Waals surface area contributed by atoms with E-state index in [2.05, 4.69) is 0 Å². The molecule has 2 aromatic rings. The molecular weight excluding hydrogens is 355 g/mol. The molecule has 0 aromatic heterocycles. The van der Waals surface area contributed by atoms with E-state index in [9.17, 15) is 17.6 Å². The number of hydrogen-bond acceptors (Lipinski definition) is 3. The Kier molecular flexibility index (Phi) is 5.00. The van der Waals surface area contributed by atoms with Gasteiger partial charge in [0.15, 0.2) is 0 Å². The Balaban J connectivity index is 1.89. The first-order valence-corrected chi connectivity index (χ1v) is 10.2. The van der Waals surface area contributed by atoms with Crippen molar-refractivity contribution in [3.05, 3.63) is 65.5 Å². The van der Waals surface area contributed by atoms with Gasteiger partial charge in [-0.2, -0.15) is 0 Å². The first-order chi connectivity index (χ1) is 12.3. The number of nitrogens with zero attached hydrogens (tertiary/aromatic N) is 2. The van der Waals surface area contributed by atoms with E-state index in [1.54, 1.807) is 11.0 Å². The lowest BCUT2D eigenvalue weighted by Crippen LogP contribution is -2.50. The zero-order valence-corrected chi connectivity index (χ0v) is 15.5. The molecule has 1 atom stereocenters. The standard InChI is InChI=1S/C19H21FN2O3S/c1-14(22(26(2,24)25)18-10-6-5-9-17(18)20)19(23)21-12-11-15-7-3-4-8-16(15)13-21/h3-10,14H,11-13H2,1-2H3/t14-/m1/s1. The van der Waals surface area contributed by atoms with Crippen molar-refractivity contribution in [1.29, 1.82) is 0 Å². The number of rotatable bonds is 4. The Morgan fingerprint density at radius 3 is 2.38 bits per heavy atom. The summed E-state index contributed by atoms with van der Waals surface area (Å²) in [7, 11) is -3.84. The van der Waals surface area contributed by atoms with E-state index in [1.807, 2.05) is 24.3 Å². The van der Waals surface area contributed by atoms with Gasteiger partial charge in [-0.3, -0.25) is 9.10 Å². The molecule has 3 rings (SSSR count). The third-order valence-electron chi connectivity index (χ3n) is 4.60. The van der Waals surface area contributed by atoms with Crippen LogP contribution in [0.25, 0.3) is 0 Å². The second-order valence-electron chi connectivity index (χ2n) is 6.46. The molecule has 0 radical (unpaired) electrons. The molecular formula is C19H21FN2O3S. The maximum Gasteiger partial charge on any atom is 0.246 e. The Bertz CT molecular complexity index is 930. The van der Waals surface area contributed by atoms with Crippen LogP contribution in [0.15, 0.2) is 48.5 Å². The minimum Gasteiger partial charge on any atom is -0.336 e. The summed E-state index contributed by atoms with van der Waals surface area (Å²) in [4.78, 5) is 14.6. The predicted molar refractivity (Wildman–Crippen MR) is 98.7 cm³/mol. The van der Waals surface area contributed by atoms with Crippen LogP contribution in [-0.2, 0) is 27.8 Å². The average Bonchev–Trinajstić information content (AvgIpc) is 2.61. The molecule has 1 heterocycles. The average molecular weight is 376 g/mol. The number of benzene rings is 2. The Labute approximate surface area is 153 Å². The lowest BCUT2D eigenvalue weighted by Gasteiger charge is -2.35. The van der Waals surface area contributed by atoms with Gasteiger partial charge in [-0.15, -0.1) is 0 Å². The van der Waals surface area contributed by atoms with Crippen LogP contribution >= 0.6 is 0 Å². The van der Waals surface area contributed by atoms with Gasteiger partial charge in [-0.1, -0.05) is 36.4 Å². The van der Waals surface area contributed by atoms with Crippen molar-refractivity contribution < 1.29 is 17.6 Å². The fraction of sp³-hybridized carbons (Fsp3) is 0.316. The van der Waals surface area contributed by atoms with Crippen LogP contribution in [0.5, 0.6) is 0 Å². The van der Waals surface area contributed by atoms with Crippen molar-refractivity contribution in [2.75, 3.05) is 17.1 Å². The van der Waals surface area contributed by atoms with E-state index in [0.29, 0.717) is 19.5 Å². The molecule has 2 aromatic carbocycles. The molecule has 26 heavy (non-hydrogen) atoms. The molecule has 138 valence electrons. The predicted octanol–water partition coefficient (Wildman–Crippen LogP) is 2.57. The minimum atomic E-state index is -3.84. The van der Waals surface area contributed by atoms with Gasteiger partial charge in [0, 0.05) is 13.1 Å². The van der Waals surface area contributed by atoms with Crippen LogP contribution in [0.2, 0.25) is 0 Å². The summed E-state index contributed by atoms with van der Waals surface area (Å²) < 4.78 is 39.7. The third-order valence-corrected chi connectivity index (χ3v) is 5.83. The summed E-state index contributed by atoms with van der Waals surface area (Å²) in [5.74, 6) is -1.02. The molecule has 1 aliphatic rings. The number of carbonyl (C=O) groups excluding carboxylic acids is 1. The van der Waals surface area contributed by atoms with E-state index in [4.69, 9.17) is 0 Å². The van der Waals surface area contributed by atoms with E-state index >= 15 is 0 Å². The smallest absolute Gasteiger partial charge is 0.246 e. The zero-order valence-electron chi connectivity index (χ0n) is 14.7. The lowest BCUT2D eigenvalue weighted by atomic mass is 9.99. The number of fused-ring (bicyclic) bond motifs is 1. The second kappa shape index (κ2) is 7.07. The summed E-state index contributed by atoms with van der Waals surface area (Å²) in [6, 6.07) is 12.4. The van der Waals surface area contributed by atoms with Gasteiger partial charge in [0.25, 0.3) is 0 Å². The summed E-state index contributed by atoms with van der Waals surface area (Å²) in [5.41, 5.74) is 2.13. The number of sulfonamides is 1. The van der Waals surface area contributed by atoms with Crippen molar-refractivity contribution in [1.82, 2.24) is 4.90 Å². The molecule has 5 nitrogen and oxygen atoms in total. The summed E-state index contributed by atoms with van der Waals surface area (Å²) >= 11 is 0. The van der Waals surface area contributed by atoms with Gasteiger partial charge in [0.1, 0.15) is 11.9 Å². The van der Waals surface area contributed by atoms with Crippen LogP contribution < -0.4 is 4.31 Å². The molecule has 7 heteroatoms. The first kappa shape index (κ1) is 18.4. The van der Waals surface area contributed by atoms with E-state index < -0.39 is 21.9 Å². The van der Waals surface area contributed by atoms with Crippen LogP contribution in [-0.4, -0.2) is 38.1 Å². The normalized spacial score (nSPS) is 15.3. The highest BCUT2D eigenvalue weighted by Crippen LogP contribution is 2.26. The topological polar surface area (TPSA) is 57.7 Å². The molecule has 0 N–H and O–H groups in total. The highest BCUT2D eigenvalue weighted by atomic mass is 32.2. The Morgan fingerprint density at radius 1 is 1.12 bits per heavy atom. The molecule has 0 spiro atoms. The molecule has 0 saturated carbocycles. The van der Waals surface area contributed by atoms with Crippen molar-refractivity contribution in [2.24, 2.45) is 0 Å². The fourth-order valence-electron chi connectivity index (χ4n) is 3.35. The summed E-state index contributed by atoms with van der Waals surface area (Å²) in [6.45, 7) is 2.43. The van der Waals surface area contributed by atoms with Gasteiger partial charge < -0.3 is 4.90 Å². The second-order valence-corrected chi connectivity index (χ2v) is 8.32. The highest BCUT2D eigenvalue weighted by molar-refractivity contribution is 7.92. The van der Waals surface area contributed by atoms with Crippen LogP contribution in [0.1, 0.15) is 18.1 Å². The van der Waals surface area contributed by atoms with Crippen molar-refractivity contribution >= 4 is 21.6 Å². The number of carbonyl (C=O) groups is 1. The van der Waals surface area contributed by atoms with Gasteiger partial charge in [-0.05, 0) is 36.6 Å². The van der Waals surface area contributed by atoms with Gasteiger partial charge in [0.2, 0.25) is 15.9 Å². The molecule has 0 aliphatic carbocycles. The Hall–Kier alpha value is -2.41. The number of amides is 1. The quantitative estimate of drug-likeness (QED) is 0.824. The van der Waals surface area contributed by atoms with Crippen molar-refractivity contribution in [3.8, 4) is 0 Å². The zero-order chi connectivity index (χ0) is 18.9. The summed E-state index contributed by atoms with van der Waals surface area (Å²) in [5, 5.41) is 0. The maximum atomic E-state index is 14.2. The molecule has 0 fully saturated rings. The summed E-state index contributed by atoms with van der Waals surface area (Å²) in [6.07, 6.45) is 1.70. The van der Waals surface area contributed by atoms with E-state index in [0.717, 1.165) is 16.1 Å². The molecule has 0 bridgehead atoms. The number of hydrogen-bond donors (Lipinski definition) is 0. The van der Waals surface area contributed by atoms with Crippen LogP contribution in [0.4, 0.5) is 10.1 Å². The first-order valence-electron chi connectivity index (χ1n) is 8.38. The minimum absolute atomic E-state index is 0.117. The van der Waals surface area contributed by atoms with Gasteiger partial charge in [-0.25, -0.2) is 12.8 Å². The molecule has 0 unspecified atom stereocenters. The SMILES string of the molecule is C[C@H](C(=O)N1CCc2ccccc2C1)N(c1ccccc1F)S(C)(=O)=O. The van der Waals surface area contributed by atoms with Gasteiger partial charge in [0.05, 0.1) is 11.9 Å². The number of para-hydroxylation sites is 1. The van der Waals surface area contributed by atoms with Crippen molar-refractivity contribution in [3.63, 3.8) is 0 Å². The highest BCUT2D eigenvalue weighted by Gasteiger charge is 2.34. The number of anilines is 1. The Morgan fingerprint density at radius 2 is 1.73 bits per heavy atom. The molecule has 1 aliphatic heterocycles. The maximum absolute atomic E-state index is 14.2. The molecule has 1 amide bonds. The lowest BCUT2D eigenvalue weighted by molar-refractivity contribution is -0.132. The largest absolute Gasteiger partial charge is 0.336 e. The van der Waals surface area contributed by atoms with E-state index in [-0.39, 0.29) is 11.6 Å². The van der Waals surface area contributed by atoms with Gasteiger partial charge >= 0.3 is 0 Å². The third kappa shape index (κ3) is 3.58. The van der Waals surface area contributed by atoms with Crippen molar-refractivity contribution in [2.45, 2.75) is 25.9 Å². The fourth-order valence-corrected chi connectivity index (χ4v) is 4.52. The van der Waals surface area contributed by atoms with Crippen LogP contribution in [0, 0.1) is 5.82 Å².